The summed E-state index contributed by atoms with van der Waals surface area (Å²) in [6.45, 7) is 16.0. The minimum atomic E-state index is -1.81. The molecule has 7 atom stereocenters. The zero-order chi connectivity index (χ0) is 28.7. The van der Waals surface area contributed by atoms with Crippen molar-refractivity contribution < 1.29 is 28.9 Å². The van der Waals surface area contributed by atoms with Crippen molar-refractivity contribution in [1.29, 1.82) is 0 Å². The quantitative estimate of drug-likeness (QED) is 0.432. The van der Waals surface area contributed by atoms with E-state index >= 15 is 0 Å². The average molecular weight is 541 g/mol. The summed E-state index contributed by atoms with van der Waals surface area (Å²) in [4.78, 5) is 27.8. The number of ether oxygens (including phenoxy) is 3. The first-order valence-electron chi connectivity index (χ1n) is 14.2. The van der Waals surface area contributed by atoms with Gasteiger partial charge in [0, 0.05) is 25.1 Å². The molecule has 1 aliphatic heterocycles. The Kier molecular flexibility index (Phi) is 6.80. The van der Waals surface area contributed by atoms with Gasteiger partial charge in [-0.15, -0.1) is 0 Å². The number of carbonyl (C=O) groups excluding carboxylic acids is 2. The Balaban J connectivity index is 1.65. The molecule has 5 rings (SSSR count). The molecule has 8 heteroatoms. The van der Waals surface area contributed by atoms with Gasteiger partial charge in [-0.1, -0.05) is 32.9 Å². The van der Waals surface area contributed by atoms with Crippen LogP contribution in [0.4, 0.5) is 0 Å². The van der Waals surface area contributed by atoms with Gasteiger partial charge in [0.15, 0.2) is 11.9 Å². The second-order valence-corrected chi connectivity index (χ2v) is 13.5. The number of allylic oxidation sites excluding steroid dienone is 2. The largest absolute Gasteiger partial charge is 0.451 e. The molecule has 1 saturated heterocycles. The Bertz CT molecular complexity index is 1260. The van der Waals surface area contributed by atoms with Crippen molar-refractivity contribution in [2.75, 3.05) is 6.61 Å². The lowest BCUT2D eigenvalue weighted by Gasteiger charge is -2.47. The van der Waals surface area contributed by atoms with Crippen LogP contribution in [0.3, 0.4) is 0 Å². The lowest BCUT2D eigenvalue weighted by atomic mass is 9.78. The lowest BCUT2D eigenvalue weighted by molar-refractivity contribution is -0.290. The summed E-state index contributed by atoms with van der Waals surface area (Å²) in [6.07, 6.45) is 3.73. The number of ketones is 1. The number of Topliss-reactive ketones (excluding diaryl/α,β-unsaturated/α-hetero) is 1. The molecule has 1 saturated carbocycles. The summed E-state index contributed by atoms with van der Waals surface area (Å²) in [5.74, 6) is -0.959. The monoisotopic (exact) mass is 540 g/mol. The highest BCUT2D eigenvalue weighted by molar-refractivity contribution is 5.92. The van der Waals surface area contributed by atoms with Gasteiger partial charge in [-0.2, -0.15) is 5.10 Å². The molecule has 1 aromatic rings. The van der Waals surface area contributed by atoms with Crippen molar-refractivity contribution >= 4 is 11.8 Å². The molecule has 1 aromatic heterocycles. The van der Waals surface area contributed by atoms with Crippen molar-refractivity contribution in [3.8, 4) is 0 Å². The zero-order valence-corrected chi connectivity index (χ0v) is 24.8. The van der Waals surface area contributed by atoms with Gasteiger partial charge in [-0.3, -0.25) is 9.48 Å². The van der Waals surface area contributed by atoms with Gasteiger partial charge in [0.25, 0.3) is 0 Å². The van der Waals surface area contributed by atoms with Crippen LogP contribution in [0.25, 0.3) is 0 Å². The molecule has 2 bridgehead atoms. The van der Waals surface area contributed by atoms with Crippen molar-refractivity contribution in [1.82, 2.24) is 9.78 Å². The molecule has 4 aliphatic rings. The van der Waals surface area contributed by atoms with Crippen LogP contribution in [0.1, 0.15) is 82.6 Å². The molecule has 0 amide bonds. The fraction of sp³-hybridized carbons (Fsp3) is 0.710. The molecule has 2 heterocycles. The second-order valence-electron chi connectivity index (χ2n) is 13.5. The third kappa shape index (κ3) is 4.72. The smallest absolute Gasteiger partial charge is 0.342 e. The number of nitrogens with zero attached hydrogens (tertiary/aromatic N) is 2. The minimum absolute atomic E-state index is 0.0211. The van der Waals surface area contributed by atoms with Gasteiger partial charge >= 0.3 is 5.97 Å². The molecular weight excluding hydrogens is 496 g/mol. The maximum Gasteiger partial charge on any atom is 0.342 e. The molecule has 0 aromatic carbocycles. The van der Waals surface area contributed by atoms with E-state index < -0.39 is 29.6 Å². The van der Waals surface area contributed by atoms with Crippen LogP contribution in [-0.4, -0.2) is 56.8 Å². The van der Waals surface area contributed by atoms with E-state index in [-0.39, 0.29) is 36.1 Å². The van der Waals surface area contributed by atoms with E-state index in [0.29, 0.717) is 34.4 Å². The van der Waals surface area contributed by atoms with Gasteiger partial charge in [0.2, 0.25) is 0 Å². The van der Waals surface area contributed by atoms with Crippen molar-refractivity contribution in [3.05, 3.63) is 40.2 Å². The van der Waals surface area contributed by atoms with Crippen LogP contribution in [0.2, 0.25) is 0 Å². The first kappa shape index (κ1) is 28.2. The van der Waals surface area contributed by atoms with Crippen LogP contribution in [0.5, 0.6) is 0 Å². The lowest BCUT2D eigenvalue weighted by Crippen LogP contribution is -2.60. The molecule has 39 heavy (non-hydrogen) atoms. The Morgan fingerprint density at radius 3 is 2.54 bits per heavy atom. The normalized spacial score (nSPS) is 38.7. The van der Waals surface area contributed by atoms with E-state index in [1.165, 1.54) is 0 Å². The van der Waals surface area contributed by atoms with E-state index in [1.54, 1.807) is 32.5 Å². The number of esters is 1. The van der Waals surface area contributed by atoms with E-state index in [9.17, 15) is 14.7 Å². The summed E-state index contributed by atoms with van der Waals surface area (Å²) in [7, 11) is 1.78. The van der Waals surface area contributed by atoms with Gasteiger partial charge in [-0.05, 0) is 81.8 Å². The summed E-state index contributed by atoms with van der Waals surface area (Å²) in [5.41, 5.74) is 1.27. The van der Waals surface area contributed by atoms with Crippen molar-refractivity contribution in [2.24, 2.45) is 36.1 Å². The number of aromatic nitrogens is 2. The Labute approximate surface area is 231 Å². The molecule has 1 N–H and O–H groups in total. The van der Waals surface area contributed by atoms with E-state index in [1.807, 2.05) is 19.9 Å². The summed E-state index contributed by atoms with van der Waals surface area (Å²) in [6, 6.07) is 0. The van der Waals surface area contributed by atoms with Crippen LogP contribution in [0, 0.1) is 42.9 Å². The SMILES string of the molecule is C/C1=C/C[C@H](C)C[C@@H]2[C@H]([C@@H]3C=C4COC(C)(C)O[C@H]4[C@@](O)(CC3=O)[C@H]1OC(=O)c1c(C)nn(C)c1C)C2(C)C. The van der Waals surface area contributed by atoms with E-state index in [2.05, 4.69) is 31.9 Å². The molecule has 8 nitrogen and oxygen atoms in total. The van der Waals surface area contributed by atoms with Gasteiger partial charge in [-0.25, -0.2) is 4.79 Å². The molecule has 2 fully saturated rings. The molecular formula is C31H44N2O6. The number of aryl methyl sites for hydroxylation is 2. The second kappa shape index (κ2) is 9.38. The molecule has 3 aliphatic carbocycles. The number of hydrogen-bond donors (Lipinski definition) is 1. The predicted octanol–water partition coefficient (Wildman–Crippen LogP) is 4.61. The average Bonchev–Trinajstić information content (AvgIpc) is 3.28. The van der Waals surface area contributed by atoms with Crippen LogP contribution in [-0.2, 0) is 26.1 Å². The maximum absolute atomic E-state index is 14.1. The van der Waals surface area contributed by atoms with Gasteiger partial charge < -0.3 is 19.3 Å². The minimum Gasteiger partial charge on any atom is -0.451 e. The van der Waals surface area contributed by atoms with Gasteiger partial charge in [0.1, 0.15) is 23.1 Å². The van der Waals surface area contributed by atoms with Crippen LogP contribution in [0.15, 0.2) is 23.3 Å². The highest BCUT2D eigenvalue weighted by Gasteiger charge is 2.64. The van der Waals surface area contributed by atoms with Crippen LogP contribution < -0.4 is 0 Å². The number of carbonyl (C=O) groups is 2. The number of rotatable bonds is 2. The molecule has 0 unspecified atom stereocenters. The highest BCUT2D eigenvalue weighted by Crippen LogP contribution is 2.65. The highest BCUT2D eigenvalue weighted by atomic mass is 16.7. The summed E-state index contributed by atoms with van der Waals surface area (Å²) < 4.78 is 20.3. The van der Waals surface area contributed by atoms with E-state index in [4.69, 9.17) is 14.2 Å². The number of hydrogen-bond acceptors (Lipinski definition) is 7. The van der Waals surface area contributed by atoms with Crippen molar-refractivity contribution in [3.63, 3.8) is 0 Å². The van der Waals surface area contributed by atoms with Crippen molar-refractivity contribution in [2.45, 2.75) is 98.2 Å². The fourth-order valence-electron chi connectivity index (χ4n) is 7.43. The number of aliphatic hydroxyl groups is 1. The first-order valence-corrected chi connectivity index (χ1v) is 14.2. The Morgan fingerprint density at radius 2 is 1.90 bits per heavy atom. The Morgan fingerprint density at radius 1 is 1.21 bits per heavy atom. The summed E-state index contributed by atoms with van der Waals surface area (Å²) in [5, 5.41) is 17.0. The first-order chi connectivity index (χ1) is 18.1. The molecule has 214 valence electrons. The molecule has 0 radical (unpaired) electrons. The standard InChI is InChI=1S/C31H44N2O6/c1-16-10-11-17(2)26(38-28(35)24-18(3)32-33(9)19(24)4)31(36)14-23(34)21(25-22(12-16)29(25,5)6)13-20-15-37-30(7,8)39-27(20)31/h11,13,16,21-22,25-27,36H,10,12,14-15H2,1-9H3/b17-11-/t16-,21+,22+,25-,26-,27+,31+/m0/s1. The predicted molar refractivity (Wildman–Crippen MR) is 146 cm³/mol. The Hall–Kier alpha value is -2.29. The topological polar surface area (TPSA) is 99.9 Å². The number of fused-ring (bicyclic) bond motifs is 7. The van der Waals surface area contributed by atoms with E-state index in [0.717, 1.165) is 18.4 Å². The zero-order valence-electron chi connectivity index (χ0n) is 24.8. The third-order valence-corrected chi connectivity index (χ3v) is 9.83. The summed E-state index contributed by atoms with van der Waals surface area (Å²) >= 11 is 0. The molecule has 0 spiro atoms. The fourth-order valence-corrected chi connectivity index (χ4v) is 7.43. The van der Waals surface area contributed by atoms with Gasteiger partial charge in [0.05, 0.1) is 12.3 Å². The maximum atomic E-state index is 14.1. The van der Waals surface area contributed by atoms with Crippen LogP contribution >= 0.6 is 0 Å². The third-order valence-electron chi connectivity index (χ3n) is 9.83.